The Morgan fingerprint density at radius 3 is 2.68 bits per heavy atom. The Labute approximate surface area is 115 Å². The van der Waals surface area contributed by atoms with E-state index in [0.29, 0.717) is 10.8 Å². The molecule has 0 fully saturated rings. The molecular weight excluding hydrogens is 266 g/mol. The van der Waals surface area contributed by atoms with E-state index in [1.807, 2.05) is 13.0 Å². The second-order valence-corrected chi connectivity index (χ2v) is 4.47. The number of rotatable bonds is 3. The summed E-state index contributed by atoms with van der Waals surface area (Å²) in [4.78, 5) is 11.1. The fourth-order valence-corrected chi connectivity index (χ4v) is 1.91. The Hall–Kier alpha value is -2.20. The third kappa shape index (κ3) is 2.80. The molecular formula is C14H12ClNO3. The first kappa shape index (κ1) is 13.2. The first-order valence-corrected chi connectivity index (χ1v) is 5.92. The van der Waals surface area contributed by atoms with Gasteiger partial charge in [-0.15, -0.1) is 0 Å². The Morgan fingerprint density at radius 1 is 1.32 bits per heavy atom. The summed E-state index contributed by atoms with van der Waals surface area (Å²) >= 11 is 6.05. The van der Waals surface area contributed by atoms with Gasteiger partial charge >= 0.3 is 5.97 Å². The predicted molar refractivity (Wildman–Crippen MR) is 74.1 cm³/mol. The molecule has 2 aromatic carbocycles. The molecule has 0 saturated carbocycles. The largest absolute Gasteiger partial charge is 0.478 e. The normalized spacial score (nSPS) is 10.2. The lowest BCUT2D eigenvalue weighted by atomic mass is 10.1. The number of hydrogen-bond donors (Lipinski definition) is 2. The van der Waals surface area contributed by atoms with Crippen molar-refractivity contribution in [3.63, 3.8) is 0 Å². The topological polar surface area (TPSA) is 72.5 Å². The van der Waals surface area contributed by atoms with Gasteiger partial charge < -0.3 is 15.6 Å². The number of carboxylic acids is 1. The number of ether oxygens (including phenoxy) is 1. The van der Waals surface area contributed by atoms with Gasteiger partial charge in [0.1, 0.15) is 11.3 Å². The zero-order valence-electron chi connectivity index (χ0n) is 10.2. The maximum Gasteiger partial charge on any atom is 0.339 e. The van der Waals surface area contributed by atoms with Crippen LogP contribution in [0.5, 0.6) is 11.5 Å². The summed E-state index contributed by atoms with van der Waals surface area (Å²) < 4.78 is 5.55. The van der Waals surface area contributed by atoms with E-state index in [2.05, 4.69) is 0 Å². The number of hydrogen-bond acceptors (Lipinski definition) is 3. The Bertz CT molecular complexity index is 641. The second kappa shape index (κ2) is 5.20. The van der Waals surface area contributed by atoms with Crippen molar-refractivity contribution >= 4 is 23.3 Å². The van der Waals surface area contributed by atoms with E-state index in [4.69, 9.17) is 27.2 Å². The molecule has 0 aliphatic carbocycles. The minimum absolute atomic E-state index is 0.00311. The third-order valence-corrected chi connectivity index (χ3v) is 2.87. The van der Waals surface area contributed by atoms with Gasteiger partial charge in [0.15, 0.2) is 5.75 Å². The lowest BCUT2D eigenvalue weighted by Crippen LogP contribution is -2.03. The molecule has 0 spiro atoms. The number of nitrogens with two attached hydrogens (primary N) is 1. The molecule has 0 heterocycles. The van der Waals surface area contributed by atoms with Gasteiger partial charge in [-0.2, -0.15) is 0 Å². The number of benzene rings is 2. The van der Waals surface area contributed by atoms with E-state index in [-0.39, 0.29) is 17.0 Å². The van der Waals surface area contributed by atoms with Gasteiger partial charge in [-0.05, 0) is 36.8 Å². The van der Waals surface area contributed by atoms with Crippen molar-refractivity contribution in [1.82, 2.24) is 0 Å². The summed E-state index contributed by atoms with van der Waals surface area (Å²) in [5, 5.41) is 9.52. The molecule has 98 valence electrons. The Morgan fingerprint density at radius 2 is 2.05 bits per heavy atom. The Balaban J connectivity index is 2.46. The molecule has 0 aromatic heterocycles. The van der Waals surface area contributed by atoms with E-state index in [0.717, 1.165) is 5.56 Å². The van der Waals surface area contributed by atoms with Gasteiger partial charge in [-0.3, -0.25) is 0 Å². The summed E-state index contributed by atoms with van der Waals surface area (Å²) in [6, 6.07) is 9.79. The van der Waals surface area contributed by atoms with Crippen molar-refractivity contribution in [1.29, 1.82) is 0 Å². The van der Waals surface area contributed by atoms with Crippen LogP contribution in [0, 0.1) is 6.92 Å². The summed E-state index contributed by atoms with van der Waals surface area (Å²) in [7, 11) is 0. The molecule has 0 amide bonds. The van der Waals surface area contributed by atoms with Crippen LogP contribution in [-0.2, 0) is 0 Å². The van der Waals surface area contributed by atoms with E-state index in [1.54, 1.807) is 24.3 Å². The average molecular weight is 278 g/mol. The molecule has 19 heavy (non-hydrogen) atoms. The number of anilines is 1. The molecule has 0 aliphatic heterocycles. The molecule has 2 aromatic rings. The number of aryl methyl sites for hydroxylation is 1. The monoisotopic (exact) mass is 277 g/mol. The van der Waals surface area contributed by atoms with Gasteiger partial charge in [0.25, 0.3) is 0 Å². The van der Waals surface area contributed by atoms with Crippen LogP contribution < -0.4 is 10.5 Å². The number of para-hydroxylation sites is 1. The lowest BCUT2D eigenvalue weighted by Gasteiger charge is -2.12. The smallest absolute Gasteiger partial charge is 0.339 e. The summed E-state index contributed by atoms with van der Waals surface area (Å²) in [5.74, 6) is -0.640. The fourth-order valence-electron chi connectivity index (χ4n) is 1.64. The summed E-state index contributed by atoms with van der Waals surface area (Å²) in [5.41, 5.74) is 6.98. The van der Waals surface area contributed by atoms with E-state index in [1.165, 1.54) is 6.07 Å². The number of aromatic carboxylic acids is 1. The quantitative estimate of drug-likeness (QED) is 0.839. The minimum Gasteiger partial charge on any atom is -0.478 e. The zero-order valence-corrected chi connectivity index (χ0v) is 10.9. The molecule has 3 N–H and O–H groups in total. The van der Waals surface area contributed by atoms with Crippen LogP contribution in [0.3, 0.4) is 0 Å². The second-order valence-electron chi connectivity index (χ2n) is 4.07. The van der Waals surface area contributed by atoms with Crippen LogP contribution in [-0.4, -0.2) is 11.1 Å². The molecule has 0 saturated heterocycles. The van der Waals surface area contributed by atoms with Crippen LogP contribution in [0.15, 0.2) is 36.4 Å². The van der Waals surface area contributed by atoms with Crippen molar-refractivity contribution in [3.05, 3.63) is 52.5 Å². The fraction of sp³-hybridized carbons (Fsp3) is 0.0714. The zero-order chi connectivity index (χ0) is 14.0. The number of halogens is 1. The van der Waals surface area contributed by atoms with Crippen molar-refractivity contribution in [2.24, 2.45) is 0 Å². The van der Waals surface area contributed by atoms with Crippen molar-refractivity contribution < 1.29 is 14.6 Å². The highest BCUT2D eigenvalue weighted by atomic mass is 35.5. The van der Waals surface area contributed by atoms with Crippen LogP contribution >= 0.6 is 11.6 Å². The van der Waals surface area contributed by atoms with Crippen LogP contribution in [0.4, 0.5) is 5.69 Å². The van der Waals surface area contributed by atoms with Gasteiger partial charge in [-0.1, -0.05) is 23.7 Å². The molecule has 5 heteroatoms. The molecule has 0 bridgehead atoms. The van der Waals surface area contributed by atoms with Crippen molar-refractivity contribution in [3.8, 4) is 11.5 Å². The highest BCUT2D eigenvalue weighted by molar-refractivity contribution is 6.32. The van der Waals surface area contributed by atoms with Crippen molar-refractivity contribution in [2.45, 2.75) is 6.92 Å². The maximum absolute atomic E-state index is 11.1. The highest BCUT2D eigenvalue weighted by Gasteiger charge is 2.15. The maximum atomic E-state index is 11.1. The van der Waals surface area contributed by atoms with Gasteiger partial charge in [0.05, 0.1) is 10.7 Å². The molecule has 2 rings (SSSR count). The minimum atomic E-state index is -1.11. The van der Waals surface area contributed by atoms with Crippen LogP contribution in [0.2, 0.25) is 5.02 Å². The average Bonchev–Trinajstić information content (AvgIpc) is 2.34. The Kier molecular flexibility index (Phi) is 3.62. The van der Waals surface area contributed by atoms with E-state index >= 15 is 0 Å². The number of carboxylic acid groups (broad SMARTS) is 1. The summed E-state index contributed by atoms with van der Waals surface area (Å²) in [6.07, 6.45) is 0. The van der Waals surface area contributed by atoms with E-state index in [9.17, 15) is 4.79 Å². The standard InChI is InChI=1S/C14H12ClNO3/c1-8-5-6-12(10(15)7-8)19-13-9(14(17)18)3-2-4-11(13)16/h2-7H,16H2,1H3,(H,17,18). The first-order chi connectivity index (χ1) is 8.99. The molecule has 0 radical (unpaired) electrons. The van der Waals surface area contributed by atoms with Crippen molar-refractivity contribution in [2.75, 3.05) is 5.73 Å². The van der Waals surface area contributed by atoms with Gasteiger partial charge in [0, 0.05) is 0 Å². The SMILES string of the molecule is Cc1ccc(Oc2c(N)cccc2C(=O)O)c(Cl)c1. The number of carbonyl (C=O) groups is 1. The first-order valence-electron chi connectivity index (χ1n) is 5.55. The third-order valence-electron chi connectivity index (χ3n) is 2.58. The molecule has 4 nitrogen and oxygen atoms in total. The lowest BCUT2D eigenvalue weighted by molar-refractivity contribution is 0.0694. The molecule has 0 unspecified atom stereocenters. The highest BCUT2D eigenvalue weighted by Crippen LogP contribution is 2.35. The van der Waals surface area contributed by atoms with Crippen LogP contribution in [0.1, 0.15) is 15.9 Å². The molecule has 0 atom stereocenters. The number of nitrogen functional groups attached to an aromatic ring is 1. The molecule has 0 aliphatic rings. The van der Waals surface area contributed by atoms with Gasteiger partial charge in [0.2, 0.25) is 0 Å². The summed E-state index contributed by atoms with van der Waals surface area (Å²) in [6.45, 7) is 1.90. The van der Waals surface area contributed by atoms with Gasteiger partial charge in [-0.25, -0.2) is 4.79 Å². The van der Waals surface area contributed by atoms with Crippen LogP contribution in [0.25, 0.3) is 0 Å². The predicted octanol–water partition coefficient (Wildman–Crippen LogP) is 3.72. The van der Waals surface area contributed by atoms with E-state index < -0.39 is 5.97 Å².